The van der Waals surface area contributed by atoms with E-state index in [9.17, 15) is 0 Å². The zero-order chi connectivity index (χ0) is 9.10. The number of hydrogen-bond donors (Lipinski definition) is 0. The van der Waals surface area contributed by atoms with E-state index in [1.807, 2.05) is 36.5 Å². The summed E-state index contributed by atoms with van der Waals surface area (Å²) in [7, 11) is 2.01. The van der Waals surface area contributed by atoms with Gasteiger partial charge in [-0.3, -0.25) is 0 Å². The van der Waals surface area contributed by atoms with Gasteiger partial charge in [0.1, 0.15) is 5.82 Å². The van der Waals surface area contributed by atoms with Crippen LogP contribution >= 0.6 is 0 Å². The molecule has 0 fully saturated rings. The van der Waals surface area contributed by atoms with E-state index in [2.05, 4.69) is 14.5 Å². The molecule has 0 aliphatic carbocycles. The molecular weight excluding hydrogens is 187 g/mol. The molecule has 0 saturated heterocycles. The van der Waals surface area contributed by atoms with E-state index in [-0.39, 0.29) is 31.0 Å². The smallest absolute Gasteiger partial charge is 1.00 e. The molecule has 14 heavy (non-hydrogen) atoms. The maximum absolute atomic E-state index is 4.24. The van der Waals surface area contributed by atoms with Gasteiger partial charge in [-0.25, -0.2) is 9.97 Å². The Labute approximate surface area is 107 Å². The number of nitrogens with zero attached hydrogens (tertiary/aromatic N) is 4. The first-order valence-corrected chi connectivity index (χ1v) is 4.28. The largest absolute Gasteiger partial charge is 1.00 e. The van der Waals surface area contributed by atoms with Gasteiger partial charge in [0.2, 0.25) is 0 Å². The Kier molecular flexibility index (Phi) is 4.38. The number of hydrogen-bond acceptors (Lipinski definition) is 2. The molecule has 0 amide bonds. The molecule has 0 unspecified atom stereocenters. The fraction of sp³-hybridized carbons (Fsp3) is 0.333. The van der Waals surface area contributed by atoms with Gasteiger partial charge in [0.15, 0.2) is 0 Å². The van der Waals surface area contributed by atoms with Crippen molar-refractivity contribution < 1.29 is 31.0 Å². The van der Waals surface area contributed by atoms with Crippen LogP contribution in [0.25, 0.3) is 0 Å². The van der Waals surface area contributed by atoms with Crippen LogP contribution in [-0.4, -0.2) is 19.1 Å². The summed E-state index contributed by atoms with van der Waals surface area (Å²) in [6, 6.07) is 0. The van der Waals surface area contributed by atoms with E-state index < -0.39 is 0 Å². The predicted octanol–water partition coefficient (Wildman–Crippen LogP) is -2.02. The van der Waals surface area contributed by atoms with Crippen molar-refractivity contribution in [2.45, 2.75) is 13.0 Å². The second kappa shape index (κ2) is 5.34. The van der Waals surface area contributed by atoms with Gasteiger partial charge in [0, 0.05) is 44.8 Å². The summed E-state index contributed by atoms with van der Waals surface area (Å²) in [5, 5.41) is 0. The zero-order valence-corrected chi connectivity index (χ0v) is 10.6. The standard InChI is InChI=1S/C9H12N4.Na.H/c1-12-6-4-11-9(12)2-5-13-7-3-10-8-13;;/h3-4,6-8H,2,5H2,1H3;;/q;+1;-1. The van der Waals surface area contributed by atoms with Crippen molar-refractivity contribution in [2.24, 2.45) is 7.05 Å². The van der Waals surface area contributed by atoms with Gasteiger partial charge < -0.3 is 10.6 Å². The maximum atomic E-state index is 4.24. The van der Waals surface area contributed by atoms with Crippen LogP contribution in [0.5, 0.6) is 0 Å². The Morgan fingerprint density at radius 1 is 1.36 bits per heavy atom. The average molecular weight is 200 g/mol. The van der Waals surface area contributed by atoms with Crippen molar-refractivity contribution in [2.75, 3.05) is 0 Å². The summed E-state index contributed by atoms with van der Waals surface area (Å²) in [6.45, 7) is 0.935. The predicted molar refractivity (Wildman–Crippen MR) is 50.3 cm³/mol. The van der Waals surface area contributed by atoms with Crippen molar-refractivity contribution in [3.63, 3.8) is 0 Å². The molecule has 0 N–H and O–H groups in total. The molecule has 4 nitrogen and oxygen atoms in total. The van der Waals surface area contributed by atoms with Crippen molar-refractivity contribution in [3.8, 4) is 0 Å². The summed E-state index contributed by atoms with van der Waals surface area (Å²) >= 11 is 0. The fourth-order valence-corrected chi connectivity index (χ4v) is 1.29. The molecular formula is C9H13N4Na. The molecule has 0 atom stereocenters. The van der Waals surface area contributed by atoms with Gasteiger partial charge in [-0.1, -0.05) is 0 Å². The molecule has 0 aromatic carbocycles. The number of rotatable bonds is 3. The first kappa shape index (κ1) is 11.5. The second-order valence-electron chi connectivity index (χ2n) is 3.00. The molecule has 2 rings (SSSR count). The van der Waals surface area contributed by atoms with Crippen molar-refractivity contribution in [1.29, 1.82) is 0 Å². The molecule has 0 saturated carbocycles. The van der Waals surface area contributed by atoms with Crippen molar-refractivity contribution in [1.82, 2.24) is 19.1 Å². The quantitative estimate of drug-likeness (QED) is 0.536. The topological polar surface area (TPSA) is 35.6 Å². The van der Waals surface area contributed by atoms with Gasteiger partial charge in [0.25, 0.3) is 0 Å². The van der Waals surface area contributed by atoms with E-state index in [0.717, 1.165) is 18.8 Å². The summed E-state index contributed by atoms with van der Waals surface area (Å²) in [5.74, 6) is 1.11. The van der Waals surface area contributed by atoms with Crippen LogP contribution in [0.4, 0.5) is 0 Å². The number of imidazole rings is 2. The molecule has 5 heteroatoms. The van der Waals surface area contributed by atoms with Crippen LogP contribution in [0.2, 0.25) is 0 Å². The molecule has 2 heterocycles. The summed E-state index contributed by atoms with van der Waals surface area (Å²) < 4.78 is 4.09. The minimum Gasteiger partial charge on any atom is -1.00 e. The summed E-state index contributed by atoms with van der Waals surface area (Å²) in [4.78, 5) is 8.22. The second-order valence-corrected chi connectivity index (χ2v) is 3.00. The van der Waals surface area contributed by atoms with Crippen molar-refractivity contribution >= 4 is 0 Å². The van der Waals surface area contributed by atoms with Crippen LogP contribution in [0.3, 0.4) is 0 Å². The Balaban J connectivity index is 0.000000980. The molecule has 0 aliphatic heterocycles. The van der Waals surface area contributed by atoms with E-state index >= 15 is 0 Å². The first-order chi connectivity index (χ1) is 6.36. The third kappa shape index (κ3) is 2.70. The minimum atomic E-state index is 0. The van der Waals surface area contributed by atoms with Gasteiger partial charge >= 0.3 is 29.6 Å². The van der Waals surface area contributed by atoms with E-state index in [1.165, 1.54) is 0 Å². The van der Waals surface area contributed by atoms with Gasteiger partial charge in [0.05, 0.1) is 6.33 Å². The molecule has 0 aliphatic rings. The Hall–Kier alpha value is -0.580. The molecule has 2 aromatic rings. The zero-order valence-electron chi connectivity index (χ0n) is 9.59. The molecule has 0 bridgehead atoms. The third-order valence-corrected chi connectivity index (χ3v) is 2.07. The Morgan fingerprint density at radius 2 is 2.21 bits per heavy atom. The monoisotopic (exact) mass is 200 g/mol. The van der Waals surface area contributed by atoms with Gasteiger partial charge in [-0.05, 0) is 0 Å². The average Bonchev–Trinajstić information content (AvgIpc) is 2.72. The first-order valence-electron chi connectivity index (χ1n) is 4.28. The summed E-state index contributed by atoms with van der Waals surface area (Å²) in [6.07, 6.45) is 10.3. The number of aryl methyl sites for hydroxylation is 3. The van der Waals surface area contributed by atoms with Crippen molar-refractivity contribution in [3.05, 3.63) is 36.9 Å². The molecule has 70 valence electrons. The van der Waals surface area contributed by atoms with Gasteiger partial charge in [-0.2, -0.15) is 0 Å². The van der Waals surface area contributed by atoms with Crippen LogP contribution in [0.15, 0.2) is 31.1 Å². The normalized spacial score (nSPS) is 9.79. The summed E-state index contributed by atoms with van der Waals surface area (Å²) in [5.41, 5.74) is 0. The maximum Gasteiger partial charge on any atom is 1.00 e. The molecule has 0 spiro atoms. The SMILES string of the molecule is Cn1ccnc1CCn1ccnc1.[H-].[Na+]. The van der Waals surface area contributed by atoms with E-state index in [1.54, 1.807) is 6.20 Å². The molecule has 0 radical (unpaired) electrons. The minimum absolute atomic E-state index is 0. The fourth-order valence-electron chi connectivity index (χ4n) is 1.29. The van der Waals surface area contributed by atoms with Gasteiger partial charge in [-0.15, -0.1) is 0 Å². The van der Waals surface area contributed by atoms with Crippen LogP contribution in [0.1, 0.15) is 7.25 Å². The van der Waals surface area contributed by atoms with E-state index in [4.69, 9.17) is 0 Å². The molecule has 2 aromatic heterocycles. The van der Waals surface area contributed by atoms with Crippen LogP contribution < -0.4 is 29.6 Å². The van der Waals surface area contributed by atoms with Crippen LogP contribution in [0, 0.1) is 0 Å². The Bertz CT molecular complexity index is 371. The third-order valence-electron chi connectivity index (χ3n) is 2.07. The van der Waals surface area contributed by atoms with E-state index in [0.29, 0.717) is 0 Å². The van der Waals surface area contributed by atoms with Crippen LogP contribution in [-0.2, 0) is 20.0 Å². The Morgan fingerprint density at radius 3 is 2.79 bits per heavy atom. The number of aromatic nitrogens is 4.